The number of hydrogen-bond donors (Lipinski definition) is 3. The number of nitrogens with one attached hydrogen (secondary N) is 3. The van der Waals surface area contributed by atoms with E-state index in [1.807, 2.05) is 26.0 Å². The van der Waals surface area contributed by atoms with Gasteiger partial charge in [0.15, 0.2) is 0 Å². The van der Waals surface area contributed by atoms with Gasteiger partial charge in [0.05, 0.1) is 0 Å². The number of nitrogens with zero attached hydrogens (tertiary/aromatic N) is 2. The summed E-state index contributed by atoms with van der Waals surface area (Å²) in [6.45, 7) is 8.26. The molecule has 2 aromatic carbocycles. The molecule has 1 aliphatic heterocycles. The maximum atomic E-state index is 12.7. The van der Waals surface area contributed by atoms with Gasteiger partial charge in [-0.3, -0.25) is 4.79 Å². The minimum absolute atomic E-state index is 0.0388. The molecule has 1 fully saturated rings. The zero-order valence-electron chi connectivity index (χ0n) is 17.9. The average molecular weight is 410 g/mol. The van der Waals surface area contributed by atoms with Crippen LogP contribution in [-0.4, -0.2) is 56.1 Å². The quantitative estimate of drug-likeness (QED) is 0.686. The Labute approximate surface area is 178 Å². The Bertz CT molecular complexity index is 875. The van der Waals surface area contributed by atoms with Crippen LogP contribution in [0.4, 0.5) is 16.2 Å². The highest BCUT2D eigenvalue weighted by atomic mass is 16.2. The Morgan fingerprint density at radius 2 is 1.73 bits per heavy atom. The standard InChI is InChI=1S/C23H31N5O2/c1-17(2)25-23(30)26-20-9-6-8-18(15-20)22(29)24-16-19-7-4-5-10-21(19)28-13-11-27(3)12-14-28/h4-10,15,17H,11-14,16H2,1-3H3,(H,24,29)(H2,25,26,30). The third kappa shape index (κ3) is 5.97. The van der Waals surface area contributed by atoms with Gasteiger partial charge in [-0.15, -0.1) is 0 Å². The van der Waals surface area contributed by atoms with Crippen LogP contribution in [-0.2, 0) is 6.54 Å². The van der Waals surface area contributed by atoms with E-state index in [1.165, 1.54) is 5.69 Å². The fourth-order valence-electron chi connectivity index (χ4n) is 3.46. The summed E-state index contributed by atoms with van der Waals surface area (Å²) in [5.41, 5.74) is 3.36. The van der Waals surface area contributed by atoms with Gasteiger partial charge in [-0.25, -0.2) is 4.79 Å². The van der Waals surface area contributed by atoms with E-state index in [1.54, 1.807) is 24.3 Å². The van der Waals surface area contributed by atoms with Gasteiger partial charge in [0.2, 0.25) is 0 Å². The van der Waals surface area contributed by atoms with Crippen LogP contribution in [0.5, 0.6) is 0 Å². The fourth-order valence-corrected chi connectivity index (χ4v) is 3.46. The lowest BCUT2D eigenvalue weighted by molar-refractivity contribution is 0.0951. The Morgan fingerprint density at radius 1 is 1.00 bits per heavy atom. The molecule has 0 unspecified atom stereocenters. The second-order valence-corrected chi connectivity index (χ2v) is 7.94. The molecule has 3 amide bonds. The number of urea groups is 1. The molecule has 0 aliphatic carbocycles. The number of carbonyl (C=O) groups is 2. The van der Waals surface area contributed by atoms with Gasteiger partial charge in [0.1, 0.15) is 0 Å². The van der Waals surface area contributed by atoms with Crippen molar-refractivity contribution >= 4 is 23.3 Å². The van der Waals surface area contributed by atoms with Gasteiger partial charge in [-0.2, -0.15) is 0 Å². The topological polar surface area (TPSA) is 76.7 Å². The van der Waals surface area contributed by atoms with Crippen molar-refractivity contribution in [3.05, 3.63) is 59.7 Å². The molecule has 3 N–H and O–H groups in total. The average Bonchev–Trinajstić information content (AvgIpc) is 2.72. The van der Waals surface area contributed by atoms with Crippen molar-refractivity contribution in [2.24, 2.45) is 0 Å². The summed E-state index contributed by atoms with van der Waals surface area (Å²) < 4.78 is 0. The maximum absolute atomic E-state index is 12.7. The molecular weight excluding hydrogens is 378 g/mol. The summed E-state index contributed by atoms with van der Waals surface area (Å²) in [5, 5.41) is 8.54. The van der Waals surface area contributed by atoms with Gasteiger partial charge in [-0.05, 0) is 50.7 Å². The van der Waals surface area contributed by atoms with Crippen LogP contribution < -0.4 is 20.9 Å². The Morgan fingerprint density at radius 3 is 2.47 bits per heavy atom. The first-order chi connectivity index (χ1) is 14.4. The van der Waals surface area contributed by atoms with Crippen molar-refractivity contribution < 1.29 is 9.59 Å². The lowest BCUT2D eigenvalue weighted by Crippen LogP contribution is -2.45. The normalized spacial score (nSPS) is 14.5. The third-order valence-corrected chi connectivity index (χ3v) is 5.08. The number of para-hydroxylation sites is 1. The van der Waals surface area contributed by atoms with Crippen molar-refractivity contribution in [1.29, 1.82) is 0 Å². The molecule has 7 nitrogen and oxygen atoms in total. The molecule has 30 heavy (non-hydrogen) atoms. The van der Waals surface area contributed by atoms with Crippen LogP contribution >= 0.6 is 0 Å². The second-order valence-electron chi connectivity index (χ2n) is 7.94. The number of amides is 3. The largest absolute Gasteiger partial charge is 0.369 e. The van der Waals surface area contributed by atoms with Crippen LogP contribution in [0.3, 0.4) is 0 Å². The van der Waals surface area contributed by atoms with Gasteiger partial charge in [0, 0.05) is 55.7 Å². The molecule has 0 radical (unpaired) electrons. The van der Waals surface area contributed by atoms with E-state index in [0.29, 0.717) is 17.8 Å². The predicted octanol–water partition coefficient (Wildman–Crippen LogP) is 2.90. The van der Waals surface area contributed by atoms with Crippen LogP contribution in [0.25, 0.3) is 0 Å². The van der Waals surface area contributed by atoms with Gasteiger partial charge >= 0.3 is 6.03 Å². The van der Waals surface area contributed by atoms with E-state index in [-0.39, 0.29) is 18.0 Å². The molecular formula is C23H31N5O2. The molecule has 1 heterocycles. The minimum atomic E-state index is -0.288. The summed E-state index contributed by atoms with van der Waals surface area (Å²) in [6, 6.07) is 14.9. The zero-order chi connectivity index (χ0) is 21.5. The molecule has 1 aliphatic rings. The van der Waals surface area contributed by atoms with Crippen molar-refractivity contribution in [2.45, 2.75) is 26.4 Å². The van der Waals surface area contributed by atoms with Crippen LogP contribution in [0.1, 0.15) is 29.8 Å². The first-order valence-electron chi connectivity index (χ1n) is 10.4. The molecule has 2 aromatic rings. The minimum Gasteiger partial charge on any atom is -0.369 e. The van der Waals surface area contributed by atoms with Gasteiger partial charge in [-0.1, -0.05) is 24.3 Å². The molecule has 1 saturated heterocycles. The first-order valence-corrected chi connectivity index (χ1v) is 10.4. The van der Waals surface area contributed by atoms with Gasteiger partial charge in [0.25, 0.3) is 5.91 Å². The lowest BCUT2D eigenvalue weighted by atomic mass is 10.1. The summed E-state index contributed by atoms with van der Waals surface area (Å²) in [7, 11) is 2.14. The smallest absolute Gasteiger partial charge is 0.319 e. The molecule has 0 saturated carbocycles. The van der Waals surface area contributed by atoms with Crippen molar-refractivity contribution in [2.75, 3.05) is 43.4 Å². The molecule has 0 atom stereocenters. The van der Waals surface area contributed by atoms with Crippen molar-refractivity contribution in [3.8, 4) is 0 Å². The SMILES string of the molecule is CC(C)NC(=O)Nc1cccc(C(=O)NCc2ccccc2N2CCN(C)CC2)c1. The van der Waals surface area contributed by atoms with E-state index in [2.05, 4.69) is 44.9 Å². The van der Waals surface area contributed by atoms with E-state index >= 15 is 0 Å². The monoisotopic (exact) mass is 409 g/mol. The van der Waals surface area contributed by atoms with Crippen molar-refractivity contribution in [3.63, 3.8) is 0 Å². The number of anilines is 2. The molecule has 160 valence electrons. The first kappa shape index (κ1) is 21.6. The fraction of sp³-hybridized carbons (Fsp3) is 0.391. The van der Waals surface area contributed by atoms with E-state index in [0.717, 1.165) is 31.7 Å². The van der Waals surface area contributed by atoms with Crippen molar-refractivity contribution in [1.82, 2.24) is 15.5 Å². The summed E-state index contributed by atoms with van der Waals surface area (Å²) in [5.74, 6) is -0.170. The highest BCUT2D eigenvalue weighted by Gasteiger charge is 2.17. The Balaban J connectivity index is 1.62. The zero-order valence-corrected chi connectivity index (χ0v) is 17.9. The number of hydrogen-bond acceptors (Lipinski definition) is 4. The third-order valence-electron chi connectivity index (χ3n) is 5.08. The van der Waals surface area contributed by atoms with Crippen LogP contribution in [0, 0.1) is 0 Å². The van der Waals surface area contributed by atoms with E-state index in [4.69, 9.17) is 0 Å². The highest BCUT2D eigenvalue weighted by molar-refractivity contribution is 5.97. The lowest BCUT2D eigenvalue weighted by Gasteiger charge is -2.35. The Hall–Kier alpha value is -3.06. The van der Waals surface area contributed by atoms with Crippen LogP contribution in [0.2, 0.25) is 0 Å². The number of likely N-dealkylation sites (N-methyl/N-ethyl adjacent to an activating group) is 1. The van der Waals surface area contributed by atoms with E-state index < -0.39 is 0 Å². The highest BCUT2D eigenvalue weighted by Crippen LogP contribution is 2.22. The number of piperazine rings is 1. The van der Waals surface area contributed by atoms with Gasteiger partial charge < -0.3 is 25.8 Å². The number of carbonyl (C=O) groups excluding carboxylic acids is 2. The Kier molecular flexibility index (Phi) is 7.30. The van der Waals surface area contributed by atoms with Crippen LogP contribution in [0.15, 0.2) is 48.5 Å². The second kappa shape index (κ2) is 10.1. The summed E-state index contributed by atoms with van der Waals surface area (Å²) >= 11 is 0. The predicted molar refractivity (Wildman–Crippen MR) is 121 cm³/mol. The molecule has 0 bridgehead atoms. The summed E-state index contributed by atoms with van der Waals surface area (Å²) in [6.07, 6.45) is 0. The number of benzene rings is 2. The molecule has 0 aromatic heterocycles. The number of rotatable bonds is 6. The summed E-state index contributed by atoms with van der Waals surface area (Å²) in [4.78, 5) is 29.3. The molecule has 0 spiro atoms. The maximum Gasteiger partial charge on any atom is 0.319 e. The molecule has 7 heteroatoms. The van der Waals surface area contributed by atoms with E-state index in [9.17, 15) is 9.59 Å². The molecule has 3 rings (SSSR count).